The van der Waals surface area contributed by atoms with E-state index in [4.69, 9.17) is 10.5 Å². The number of aryl methyl sites for hydroxylation is 1. The second-order valence-corrected chi connectivity index (χ2v) is 5.06. The van der Waals surface area contributed by atoms with Gasteiger partial charge in [0.25, 0.3) is 0 Å². The lowest BCUT2D eigenvalue weighted by molar-refractivity contribution is 0.438. The average molecular weight is 324 g/mol. The van der Waals surface area contributed by atoms with Gasteiger partial charge in [-0.25, -0.2) is 0 Å². The van der Waals surface area contributed by atoms with E-state index in [1.54, 1.807) is 4.90 Å². The van der Waals surface area contributed by atoms with E-state index in [-0.39, 0.29) is 12.0 Å². The molecule has 19 heavy (non-hydrogen) atoms. The molecule has 1 aromatic carbocycles. The standard InChI is InChI=1S/C12H14BrN5O/c1-7-4-5-9(8(13)6-7)19-12-16-10(14)15-11(17-12)18(2)3/h4-6H,1-3H3,(H2,14,15,16,17). The van der Waals surface area contributed by atoms with Crippen LogP contribution in [0.3, 0.4) is 0 Å². The van der Waals surface area contributed by atoms with Crippen LogP contribution >= 0.6 is 15.9 Å². The monoisotopic (exact) mass is 323 g/mol. The third-order valence-corrected chi connectivity index (χ3v) is 2.93. The van der Waals surface area contributed by atoms with Gasteiger partial charge in [0.15, 0.2) is 0 Å². The second kappa shape index (κ2) is 5.40. The molecule has 100 valence electrons. The Hall–Kier alpha value is -1.89. The van der Waals surface area contributed by atoms with Gasteiger partial charge in [0, 0.05) is 14.1 Å². The molecular weight excluding hydrogens is 310 g/mol. The van der Waals surface area contributed by atoms with E-state index in [2.05, 4.69) is 30.9 Å². The van der Waals surface area contributed by atoms with E-state index in [0.717, 1.165) is 10.0 Å². The number of nitrogen functional groups attached to an aromatic ring is 1. The zero-order valence-corrected chi connectivity index (χ0v) is 12.5. The number of hydrogen-bond acceptors (Lipinski definition) is 6. The first-order valence-corrected chi connectivity index (χ1v) is 6.38. The first kappa shape index (κ1) is 13.5. The summed E-state index contributed by atoms with van der Waals surface area (Å²) in [5, 5.41) is 0. The van der Waals surface area contributed by atoms with Crippen LogP contribution in [0, 0.1) is 6.92 Å². The first-order valence-electron chi connectivity index (χ1n) is 5.58. The molecule has 0 aliphatic rings. The minimum Gasteiger partial charge on any atom is -0.423 e. The van der Waals surface area contributed by atoms with Gasteiger partial charge in [0.05, 0.1) is 4.47 Å². The van der Waals surface area contributed by atoms with Gasteiger partial charge in [-0.1, -0.05) is 6.07 Å². The zero-order valence-electron chi connectivity index (χ0n) is 10.9. The molecule has 2 rings (SSSR count). The lowest BCUT2D eigenvalue weighted by atomic mass is 10.2. The normalized spacial score (nSPS) is 10.3. The van der Waals surface area contributed by atoms with Crippen molar-refractivity contribution >= 4 is 27.8 Å². The summed E-state index contributed by atoms with van der Waals surface area (Å²) >= 11 is 3.43. The molecule has 2 N–H and O–H groups in total. The van der Waals surface area contributed by atoms with Crippen LogP contribution in [-0.2, 0) is 0 Å². The Labute approximate surface area is 119 Å². The molecule has 0 radical (unpaired) electrons. The number of hydrogen-bond donors (Lipinski definition) is 1. The maximum Gasteiger partial charge on any atom is 0.328 e. The maximum absolute atomic E-state index is 5.63. The summed E-state index contributed by atoms with van der Waals surface area (Å²) in [4.78, 5) is 13.9. The summed E-state index contributed by atoms with van der Waals surface area (Å²) in [5.41, 5.74) is 6.76. The van der Waals surface area contributed by atoms with Gasteiger partial charge in [0.2, 0.25) is 11.9 Å². The average Bonchev–Trinajstić information content (AvgIpc) is 2.32. The molecule has 0 unspecified atom stereocenters. The minimum atomic E-state index is 0.122. The highest BCUT2D eigenvalue weighted by molar-refractivity contribution is 9.10. The van der Waals surface area contributed by atoms with Crippen LogP contribution < -0.4 is 15.4 Å². The van der Waals surface area contributed by atoms with Crippen molar-refractivity contribution in [2.45, 2.75) is 6.92 Å². The first-order chi connectivity index (χ1) is 8.95. The molecule has 6 nitrogen and oxygen atoms in total. The fraction of sp³-hybridized carbons (Fsp3) is 0.250. The molecule has 0 fully saturated rings. The van der Waals surface area contributed by atoms with Crippen molar-refractivity contribution in [1.29, 1.82) is 0 Å². The molecule has 0 spiro atoms. The smallest absolute Gasteiger partial charge is 0.328 e. The molecule has 0 atom stereocenters. The highest BCUT2D eigenvalue weighted by atomic mass is 79.9. The molecule has 0 saturated carbocycles. The Morgan fingerprint density at radius 1 is 1.21 bits per heavy atom. The predicted molar refractivity (Wildman–Crippen MR) is 77.5 cm³/mol. The lowest BCUT2D eigenvalue weighted by Gasteiger charge is -2.12. The van der Waals surface area contributed by atoms with Gasteiger partial charge in [-0.3, -0.25) is 0 Å². The van der Waals surface area contributed by atoms with Crippen LogP contribution in [0.1, 0.15) is 5.56 Å². The van der Waals surface area contributed by atoms with E-state index < -0.39 is 0 Å². The summed E-state index contributed by atoms with van der Waals surface area (Å²) in [6.45, 7) is 2.00. The van der Waals surface area contributed by atoms with Gasteiger partial charge in [-0.15, -0.1) is 0 Å². The molecule has 2 aromatic rings. The quantitative estimate of drug-likeness (QED) is 0.934. The van der Waals surface area contributed by atoms with Gasteiger partial charge < -0.3 is 15.4 Å². The highest BCUT2D eigenvalue weighted by Crippen LogP contribution is 2.29. The molecular formula is C12H14BrN5O. The van der Waals surface area contributed by atoms with Crippen molar-refractivity contribution in [3.8, 4) is 11.8 Å². The SMILES string of the molecule is Cc1ccc(Oc2nc(N)nc(N(C)C)n2)c(Br)c1. The van der Waals surface area contributed by atoms with E-state index in [1.165, 1.54) is 0 Å². The Morgan fingerprint density at radius 3 is 2.58 bits per heavy atom. The molecule has 0 amide bonds. The fourth-order valence-electron chi connectivity index (χ4n) is 1.39. The van der Waals surface area contributed by atoms with Gasteiger partial charge >= 0.3 is 6.01 Å². The molecule has 7 heteroatoms. The number of nitrogens with two attached hydrogens (primary N) is 1. The Balaban J connectivity index is 2.32. The van der Waals surface area contributed by atoms with E-state index in [1.807, 2.05) is 39.2 Å². The van der Waals surface area contributed by atoms with Crippen LogP contribution in [0.25, 0.3) is 0 Å². The van der Waals surface area contributed by atoms with Crippen molar-refractivity contribution < 1.29 is 4.74 Å². The van der Waals surface area contributed by atoms with Gasteiger partial charge in [0.1, 0.15) is 5.75 Å². The van der Waals surface area contributed by atoms with Crippen molar-refractivity contribution in [3.05, 3.63) is 28.2 Å². The summed E-state index contributed by atoms with van der Waals surface area (Å²) in [7, 11) is 3.64. The molecule has 0 aliphatic heterocycles. The third kappa shape index (κ3) is 3.31. The molecule has 0 saturated heterocycles. The van der Waals surface area contributed by atoms with E-state index >= 15 is 0 Å². The lowest BCUT2D eigenvalue weighted by Crippen LogP contribution is -2.15. The number of nitrogens with zero attached hydrogens (tertiary/aromatic N) is 4. The Bertz CT molecular complexity index is 603. The largest absolute Gasteiger partial charge is 0.423 e. The molecule has 0 aliphatic carbocycles. The zero-order chi connectivity index (χ0) is 14.0. The van der Waals surface area contributed by atoms with Crippen LogP contribution in [-0.4, -0.2) is 29.0 Å². The summed E-state index contributed by atoms with van der Waals surface area (Å²) in [6, 6.07) is 5.90. The van der Waals surface area contributed by atoms with Crippen LogP contribution in [0.15, 0.2) is 22.7 Å². The van der Waals surface area contributed by atoms with Crippen molar-refractivity contribution in [2.75, 3.05) is 24.7 Å². The van der Waals surface area contributed by atoms with Gasteiger partial charge in [-0.05, 0) is 40.5 Å². The third-order valence-electron chi connectivity index (χ3n) is 2.31. The van der Waals surface area contributed by atoms with Crippen LogP contribution in [0.4, 0.5) is 11.9 Å². The van der Waals surface area contributed by atoms with Crippen molar-refractivity contribution in [1.82, 2.24) is 15.0 Å². The number of anilines is 2. The fourth-order valence-corrected chi connectivity index (χ4v) is 1.97. The van der Waals surface area contributed by atoms with Crippen LogP contribution in [0.2, 0.25) is 0 Å². The van der Waals surface area contributed by atoms with Crippen molar-refractivity contribution in [3.63, 3.8) is 0 Å². The number of rotatable bonds is 3. The van der Waals surface area contributed by atoms with E-state index in [9.17, 15) is 0 Å². The maximum atomic E-state index is 5.63. The summed E-state index contributed by atoms with van der Waals surface area (Å²) in [6.07, 6.45) is 0. The number of aromatic nitrogens is 3. The number of halogens is 1. The molecule has 1 aromatic heterocycles. The summed E-state index contributed by atoms with van der Waals surface area (Å²) < 4.78 is 6.45. The van der Waals surface area contributed by atoms with Crippen LogP contribution in [0.5, 0.6) is 11.8 Å². The number of ether oxygens (including phenoxy) is 1. The minimum absolute atomic E-state index is 0.122. The molecule has 1 heterocycles. The van der Waals surface area contributed by atoms with Crippen molar-refractivity contribution in [2.24, 2.45) is 0 Å². The summed E-state index contributed by atoms with van der Waals surface area (Å²) in [5.74, 6) is 1.20. The Morgan fingerprint density at radius 2 is 1.95 bits per heavy atom. The second-order valence-electron chi connectivity index (χ2n) is 4.21. The highest BCUT2D eigenvalue weighted by Gasteiger charge is 2.10. The Kier molecular flexibility index (Phi) is 3.84. The number of benzene rings is 1. The topological polar surface area (TPSA) is 77.2 Å². The van der Waals surface area contributed by atoms with E-state index in [0.29, 0.717) is 11.7 Å². The van der Waals surface area contributed by atoms with Gasteiger partial charge in [-0.2, -0.15) is 15.0 Å². The predicted octanol–water partition coefficient (Wildman–Crippen LogP) is 2.38. The molecule has 0 bridgehead atoms.